The molecule has 0 amide bonds. The van der Waals surface area contributed by atoms with Crippen LogP contribution in [-0.2, 0) is 0 Å². The molecule has 0 aliphatic carbocycles. The number of rotatable bonds is 3. The predicted molar refractivity (Wildman–Crippen MR) is 81.8 cm³/mol. The van der Waals surface area contributed by atoms with Crippen LogP contribution in [0.1, 0.15) is 11.6 Å². The molecule has 0 radical (unpaired) electrons. The van der Waals surface area contributed by atoms with Crippen LogP contribution in [0.5, 0.6) is 11.5 Å². The molecule has 0 bridgehead atoms. The van der Waals surface area contributed by atoms with Crippen molar-refractivity contribution >= 4 is 17.4 Å². The van der Waals surface area contributed by atoms with Crippen molar-refractivity contribution in [2.45, 2.75) is 12.1 Å². The van der Waals surface area contributed by atoms with E-state index >= 15 is 0 Å². The third-order valence-electron chi connectivity index (χ3n) is 3.46. The number of nitrogen functional groups attached to an aromatic ring is 1. The molecule has 0 fully saturated rings. The number of hydrogen-bond donors (Lipinski definition) is 2. The van der Waals surface area contributed by atoms with Crippen LogP contribution in [-0.4, -0.2) is 24.7 Å². The van der Waals surface area contributed by atoms with Gasteiger partial charge in [0.05, 0.1) is 11.1 Å². The lowest BCUT2D eigenvalue weighted by atomic mass is 10.0. The molecule has 1 aliphatic heterocycles. The molecule has 1 aromatic heterocycles. The monoisotopic (exact) mass is 305 g/mol. The summed E-state index contributed by atoms with van der Waals surface area (Å²) in [6.45, 7) is 0.425. The van der Waals surface area contributed by atoms with Crippen molar-refractivity contribution in [1.29, 1.82) is 0 Å². The zero-order chi connectivity index (χ0) is 14.8. The first-order valence-corrected chi connectivity index (χ1v) is 7.03. The van der Waals surface area contributed by atoms with E-state index in [2.05, 4.69) is 10.3 Å². The van der Waals surface area contributed by atoms with Crippen LogP contribution < -0.4 is 20.5 Å². The summed E-state index contributed by atoms with van der Waals surface area (Å²) in [5.41, 5.74) is 6.76. The van der Waals surface area contributed by atoms with E-state index in [1.54, 1.807) is 6.07 Å². The van der Waals surface area contributed by atoms with Crippen molar-refractivity contribution in [1.82, 2.24) is 10.3 Å². The van der Waals surface area contributed by atoms with Gasteiger partial charge in [-0.25, -0.2) is 4.98 Å². The molecule has 1 aromatic carbocycles. The van der Waals surface area contributed by atoms with Gasteiger partial charge in [-0.15, -0.1) is 0 Å². The van der Waals surface area contributed by atoms with Gasteiger partial charge in [-0.1, -0.05) is 23.7 Å². The third kappa shape index (κ3) is 2.75. The highest BCUT2D eigenvalue weighted by molar-refractivity contribution is 6.30. The maximum Gasteiger partial charge on any atom is 0.161 e. The number of nitrogens with one attached hydrogen (secondary N) is 1. The molecule has 2 atom stereocenters. The Balaban J connectivity index is 1.90. The number of halogens is 1. The Labute approximate surface area is 128 Å². The van der Waals surface area contributed by atoms with Crippen molar-refractivity contribution in [3.8, 4) is 11.5 Å². The maximum atomic E-state index is 6.02. The number of pyridine rings is 1. The van der Waals surface area contributed by atoms with Crippen LogP contribution in [0, 0.1) is 0 Å². The molecular weight excluding hydrogens is 290 g/mol. The number of anilines is 1. The van der Waals surface area contributed by atoms with Gasteiger partial charge in [-0.2, -0.15) is 0 Å². The lowest BCUT2D eigenvalue weighted by Gasteiger charge is -2.32. The zero-order valence-electron chi connectivity index (χ0n) is 11.5. The SMILES string of the molecule is CNC(c1cc(Cl)cnc1N)C1COc2ccccc2O1. The summed E-state index contributed by atoms with van der Waals surface area (Å²) >= 11 is 6.02. The molecule has 0 spiro atoms. The molecule has 1 aliphatic rings. The van der Waals surface area contributed by atoms with Crippen LogP contribution in [0.25, 0.3) is 0 Å². The Hall–Kier alpha value is -1.98. The predicted octanol–water partition coefficient (Wildman–Crippen LogP) is 2.42. The highest BCUT2D eigenvalue weighted by Gasteiger charge is 2.30. The highest BCUT2D eigenvalue weighted by atomic mass is 35.5. The number of nitrogens with zero attached hydrogens (tertiary/aromatic N) is 1. The molecule has 21 heavy (non-hydrogen) atoms. The largest absolute Gasteiger partial charge is 0.486 e. The molecule has 0 saturated carbocycles. The smallest absolute Gasteiger partial charge is 0.161 e. The molecule has 5 nitrogen and oxygen atoms in total. The van der Waals surface area contributed by atoms with Crippen molar-refractivity contribution in [3.05, 3.63) is 47.1 Å². The number of hydrogen-bond acceptors (Lipinski definition) is 5. The van der Waals surface area contributed by atoms with Crippen LogP contribution >= 0.6 is 11.6 Å². The molecule has 3 rings (SSSR count). The van der Waals surface area contributed by atoms with Gasteiger partial charge in [0.15, 0.2) is 17.6 Å². The van der Waals surface area contributed by atoms with Gasteiger partial charge in [-0.05, 0) is 25.2 Å². The van der Waals surface area contributed by atoms with E-state index in [0.29, 0.717) is 17.4 Å². The number of benzene rings is 1. The molecule has 6 heteroatoms. The van der Waals surface area contributed by atoms with Crippen molar-refractivity contribution in [3.63, 3.8) is 0 Å². The van der Waals surface area contributed by atoms with Gasteiger partial charge in [-0.3, -0.25) is 0 Å². The molecular formula is C15H16ClN3O2. The standard InChI is InChI=1S/C15H16ClN3O2/c1-18-14(10-6-9(16)7-19-15(10)17)13-8-20-11-4-2-3-5-12(11)21-13/h2-7,13-14,18H,8H2,1H3,(H2,17,19). The first kappa shape index (κ1) is 14.0. The summed E-state index contributed by atoms with van der Waals surface area (Å²) in [7, 11) is 1.84. The fourth-order valence-electron chi connectivity index (χ4n) is 2.46. The lowest BCUT2D eigenvalue weighted by Crippen LogP contribution is -2.40. The minimum Gasteiger partial charge on any atom is -0.486 e. The van der Waals surface area contributed by atoms with E-state index in [0.717, 1.165) is 17.1 Å². The maximum absolute atomic E-state index is 6.02. The molecule has 2 heterocycles. The zero-order valence-corrected chi connectivity index (χ0v) is 12.3. The number of ether oxygens (including phenoxy) is 2. The van der Waals surface area contributed by atoms with Gasteiger partial charge >= 0.3 is 0 Å². The Bertz CT molecular complexity index is 651. The summed E-state index contributed by atoms with van der Waals surface area (Å²) in [5, 5.41) is 3.74. The summed E-state index contributed by atoms with van der Waals surface area (Å²) in [4.78, 5) is 4.10. The van der Waals surface area contributed by atoms with Gasteiger partial charge < -0.3 is 20.5 Å². The second-order valence-electron chi connectivity index (χ2n) is 4.81. The van der Waals surface area contributed by atoms with E-state index in [-0.39, 0.29) is 12.1 Å². The van der Waals surface area contributed by atoms with Gasteiger partial charge in [0, 0.05) is 11.8 Å². The van der Waals surface area contributed by atoms with Crippen molar-refractivity contribution < 1.29 is 9.47 Å². The van der Waals surface area contributed by atoms with E-state index in [9.17, 15) is 0 Å². The Morgan fingerprint density at radius 3 is 2.90 bits per heavy atom. The molecule has 3 N–H and O–H groups in total. The first-order chi connectivity index (χ1) is 10.2. The molecule has 2 unspecified atom stereocenters. The van der Waals surface area contributed by atoms with Crippen LogP contribution in [0.2, 0.25) is 5.02 Å². The summed E-state index contributed by atoms with van der Waals surface area (Å²) in [6.07, 6.45) is 1.31. The van der Waals surface area contributed by atoms with E-state index < -0.39 is 0 Å². The van der Waals surface area contributed by atoms with E-state index in [1.807, 2.05) is 31.3 Å². The number of fused-ring (bicyclic) bond motifs is 1. The van der Waals surface area contributed by atoms with Gasteiger partial charge in [0.1, 0.15) is 12.4 Å². The lowest BCUT2D eigenvalue weighted by molar-refractivity contribution is 0.0639. The quantitative estimate of drug-likeness (QED) is 0.911. The Kier molecular flexibility index (Phi) is 3.86. The fraction of sp³-hybridized carbons (Fsp3) is 0.267. The van der Waals surface area contributed by atoms with E-state index in [4.69, 9.17) is 26.8 Å². The summed E-state index contributed by atoms with van der Waals surface area (Å²) < 4.78 is 11.8. The van der Waals surface area contributed by atoms with Crippen molar-refractivity contribution in [2.24, 2.45) is 0 Å². The minimum atomic E-state index is -0.215. The number of nitrogens with two attached hydrogens (primary N) is 1. The van der Waals surface area contributed by atoms with Crippen LogP contribution in [0.3, 0.4) is 0 Å². The minimum absolute atomic E-state index is 0.162. The first-order valence-electron chi connectivity index (χ1n) is 6.65. The molecule has 2 aromatic rings. The van der Waals surface area contributed by atoms with Crippen LogP contribution in [0.15, 0.2) is 36.5 Å². The number of para-hydroxylation sites is 2. The van der Waals surface area contributed by atoms with E-state index in [1.165, 1.54) is 6.20 Å². The summed E-state index contributed by atoms with van der Waals surface area (Å²) in [6, 6.07) is 9.23. The topological polar surface area (TPSA) is 69.4 Å². The van der Waals surface area contributed by atoms with Gasteiger partial charge in [0.2, 0.25) is 0 Å². The average Bonchev–Trinajstić information content (AvgIpc) is 2.51. The third-order valence-corrected chi connectivity index (χ3v) is 3.67. The highest BCUT2D eigenvalue weighted by Crippen LogP contribution is 2.35. The second kappa shape index (κ2) is 5.79. The Morgan fingerprint density at radius 2 is 2.14 bits per heavy atom. The number of aromatic nitrogens is 1. The van der Waals surface area contributed by atoms with Gasteiger partial charge in [0.25, 0.3) is 0 Å². The van der Waals surface area contributed by atoms with Crippen molar-refractivity contribution in [2.75, 3.05) is 19.4 Å². The molecule has 110 valence electrons. The normalized spacial score (nSPS) is 18.3. The fourth-order valence-corrected chi connectivity index (χ4v) is 2.62. The average molecular weight is 306 g/mol. The van der Waals surface area contributed by atoms with Crippen LogP contribution in [0.4, 0.5) is 5.82 Å². The molecule has 0 saturated heterocycles. The number of likely N-dealkylation sites (N-methyl/N-ethyl adjacent to an activating group) is 1. The summed E-state index contributed by atoms with van der Waals surface area (Å²) in [5.74, 6) is 1.91. The second-order valence-corrected chi connectivity index (χ2v) is 5.24. The Morgan fingerprint density at radius 1 is 1.38 bits per heavy atom.